The molecule has 0 aliphatic carbocycles. The molecule has 2 unspecified atom stereocenters. The molecule has 1 aromatic rings. The van der Waals surface area contributed by atoms with Crippen LogP contribution in [0, 0.1) is 0 Å². The first-order valence-corrected chi connectivity index (χ1v) is 8.27. The summed E-state index contributed by atoms with van der Waals surface area (Å²) in [6.45, 7) is 3.82. The molecule has 2 atom stereocenters. The number of nitrogens with zero attached hydrogens (tertiary/aromatic N) is 1. The Morgan fingerprint density at radius 2 is 1.86 bits per heavy atom. The summed E-state index contributed by atoms with van der Waals surface area (Å²) in [6, 6.07) is 10.9. The summed E-state index contributed by atoms with van der Waals surface area (Å²) < 4.78 is 0. The van der Waals surface area contributed by atoms with Crippen molar-refractivity contribution in [1.29, 1.82) is 0 Å². The Hall–Kier alpha value is -1.06. The number of carbonyl (C=O) groups excluding carboxylic acids is 1. The highest BCUT2D eigenvalue weighted by atomic mass is 35.5. The Kier molecular flexibility index (Phi) is 8.51. The molecular formula is C18H29ClN2O. The first-order chi connectivity index (χ1) is 10.2. The number of rotatable bonds is 7. The number of amides is 1. The molecule has 0 radical (unpaired) electrons. The molecule has 1 heterocycles. The molecule has 22 heavy (non-hydrogen) atoms. The molecular weight excluding hydrogens is 296 g/mol. The molecule has 1 amide bonds. The van der Waals surface area contributed by atoms with Crippen LogP contribution in [0.1, 0.15) is 56.9 Å². The monoisotopic (exact) mass is 324 g/mol. The summed E-state index contributed by atoms with van der Waals surface area (Å²) in [4.78, 5) is 14.5. The maximum atomic E-state index is 12.4. The molecule has 0 saturated carbocycles. The summed E-state index contributed by atoms with van der Waals surface area (Å²) in [5.41, 5.74) is 6.85. The van der Waals surface area contributed by atoms with Gasteiger partial charge in [0.25, 0.3) is 0 Å². The van der Waals surface area contributed by atoms with E-state index in [1.54, 1.807) is 0 Å². The van der Waals surface area contributed by atoms with E-state index in [2.05, 4.69) is 36.1 Å². The largest absolute Gasteiger partial charge is 0.339 e. The van der Waals surface area contributed by atoms with E-state index in [9.17, 15) is 4.79 Å². The predicted octanol–water partition coefficient (Wildman–Crippen LogP) is 3.72. The third-order valence-corrected chi connectivity index (χ3v) is 4.51. The molecule has 1 aromatic carbocycles. The topological polar surface area (TPSA) is 46.3 Å². The van der Waals surface area contributed by atoms with Crippen LogP contribution in [0.25, 0.3) is 0 Å². The first kappa shape index (κ1) is 19.0. The molecule has 1 saturated heterocycles. The van der Waals surface area contributed by atoms with Gasteiger partial charge in [-0.15, -0.1) is 12.4 Å². The first-order valence-electron chi connectivity index (χ1n) is 8.27. The number of benzene rings is 1. The quantitative estimate of drug-likeness (QED) is 0.777. The zero-order valence-electron chi connectivity index (χ0n) is 13.5. The van der Waals surface area contributed by atoms with Crippen LogP contribution in [-0.2, 0) is 4.79 Å². The number of unbranched alkanes of at least 4 members (excludes halogenated alkanes) is 3. The second kappa shape index (κ2) is 9.86. The highest BCUT2D eigenvalue weighted by Gasteiger charge is 2.32. The van der Waals surface area contributed by atoms with Crippen LogP contribution in [0.5, 0.6) is 0 Å². The van der Waals surface area contributed by atoms with E-state index in [1.165, 1.54) is 5.56 Å². The van der Waals surface area contributed by atoms with E-state index < -0.39 is 0 Å². The van der Waals surface area contributed by atoms with Crippen LogP contribution in [-0.4, -0.2) is 29.9 Å². The maximum absolute atomic E-state index is 12.4. The van der Waals surface area contributed by atoms with Crippen molar-refractivity contribution in [3.8, 4) is 0 Å². The number of likely N-dealkylation sites (tertiary alicyclic amines) is 1. The smallest absolute Gasteiger partial charge is 0.222 e. The minimum atomic E-state index is 0. The fraction of sp³-hybridized carbons (Fsp3) is 0.611. The molecule has 124 valence electrons. The van der Waals surface area contributed by atoms with Gasteiger partial charge in [0.15, 0.2) is 0 Å². The van der Waals surface area contributed by atoms with Crippen molar-refractivity contribution in [2.75, 3.05) is 13.1 Å². The minimum absolute atomic E-state index is 0. The van der Waals surface area contributed by atoms with Gasteiger partial charge in [0.1, 0.15) is 0 Å². The van der Waals surface area contributed by atoms with Crippen LogP contribution >= 0.6 is 12.4 Å². The predicted molar refractivity (Wildman–Crippen MR) is 94.4 cm³/mol. The van der Waals surface area contributed by atoms with E-state index in [0.717, 1.165) is 45.2 Å². The normalized spacial score (nSPS) is 20.7. The van der Waals surface area contributed by atoms with Gasteiger partial charge in [-0.1, -0.05) is 43.2 Å². The lowest BCUT2D eigenvalue weighted by Gasteiger charge is -2.21. The molecule has 3 nitrogen and oxygen atoms in total. The van der Waals surface area contributed by atoms with Crippen LogP contribution in [0.4, 0.5) is 0 Å². The van der Waals surface area contributed by atoms with E-state index >= 15 is 0 Å². The lowest BCUT2D eigenvalue weighted by Crippen LogP contribution is -2.33. The van der Waals surface area contributed by atoms with Crippen molar-refractivity contribution in [3.05, 3.63) is 35.9 Å². The summed E-state index contributed by atoms with van der Waals surface area (Å²) in [7, 11) is 0. The van der Waals surface area contributed by atoms with Crippen LogP contribution in [0.3, 0.4) is 0 Å². The minimum Gasteiger partial charge on any atom is -0.339 e. The van der Waals surface area contributed by atoms with Crippen molar-refractivity contribution in [2.24, 2.45) is 5.73 Å². The van der Waals surface area contributed by atoms with Gasteiger partial charge >= 0.3 is 0 Å². The molecule has 2 N–H and O–H groups in total. The van der Waals surface area contributed by atoms with Crippen molar-refractivity contribution in [3.63, 3.8) is 0 Å². The van der Waals surface area contributed by atoms with Gasteiger partial charge in [-0.3, -0.25) is 4.79 Å². The Morgan fingerprint density at radius 1 is 1.18 bits per heavy atom. The molecule has 1 aliphatic heterocycles. The summed E-state index contributed by atoms with van der Waals surface area (Å²) in [5.74, 6) is 0.830. The second-order valence-corrected chi connectivity index (χ2v) is 6.19. The molecule has 2 rings (SSSR count). The van der Waals surface area contributed by atoms with Crippen LogP contribution in [0.15, 0.2) is 30.3 Å². The van der Waals surface area contributed by atoms with Crippen LogP contribution < -0.4 is 5.73 Å². The fourth-order valence-electron chi connectivity index (χ4n) is 3.26. The fourth-order valence-corrected chi connectivity index (χ4v) is 3.26. The second-order valence-electron chi connectivity index (χ2n) is 6.19. The third kappa shape index (κ3) is 5.29. The average molecular weight is 325 g/mol. The molecule has 0 aromatic heterocycles. The zero-order valence-corrected chi connectivity index (χ0v) is 14.4. The van der Waals surface area contributed by atoms with Gasteiger partial charge in [0.05, 0.1) is 0 Å². The molecule has 0 spiro atoms. The van der Waals surface area contributed by atoms with Crippen molar-refractivity contribution in [2.45, 2.75) is 57.4 Å². The lowest BCUT2D eigenvalue weighted by molar-refractivity contribution is -0.131. The van der Waals surface area contributed by atoms with E-state index in [-0.39, 0.29) is 12.4 Å². The molecule has 1 fully saturated rings. The van der Waals surface area contributed by atoms with Crippen molar-refractivity contribution in [1.82, 2.24) is 4.90 Å². The van der Waals surface area contributed by atoms with Gasteiger partial charge < -0.3 is 10.6 Å². The van der Waals surface area contributed by atoms with Gasteiger partial charge in [0.2, 0.25) is 5.91 Å². The third-order valence-electron chi connectivity index (χ3n) is 4.51. The zero-order chi connectivity index (χ0) is 15.1. The standard InChI is InChI=1S/C18H28N2O.ClH/c1-15-13-17(16-9-5-4-6-10-16)14-20(15)18(21)11-7-2-3-8-12-19;/h4-6,9-10,15,17H,2-3,7-8,11-14,19H2,1H3;1H. The van der Waals surface area contributed by atoms with Crippen LogP contribution in [0.2, 0.25) is 0 Å². The number of hydrogen-bond acceptors (Lipinski definition) is 2. The lowest BCUT2D eigenvalue weighted by atomic mass is 9.97. The highest BCUT2D eigenvalue weighted by Crippen LogP contribution is 2.32. The number of carbonyl (C=O) groups is 1. The highest BCUT2D eigenvalue weighted by molar-refractivity contribution is 5.85. The Balaban J connectivity index is 0.00000242. The van der Waals surface area contributed by atoms with Crippen molar-refractivity contribution < 1.29 is 4.79 Å². The van der Waals surface area contributed by atoms with E-state index in [1.807, 2.05) is 6.07 Å². The Bertz CT molecular complexity index is 438. The average Bonchev–Trinajstić information content (AvgIpc) is 2.90. The molecule has 0 bridgehead atoms. The number of halogens is 1. The number of nitrogens with two attached hydrogens (primary N) is 1. The van der Waals surface area contributed by atoms with Crippen molar-refractivity contribution >= 4 is 18.3 Å². The van der Waals surface area contributed by atoms with Gasteiger partial charge in [-0.05, 0) is 38.3 Å². The SMILES string of the molecule is CC1CC(c2ccccc2)CN1C(=O)CCCCCCN.Cl. The summed E-state index contributed by atoms with van der Waals surface area (Å²) in [5, 5.41) is 0. The van der Waals surface area contributed by atoms with Gasteiger partial charge in [-0.25, -0.2) is 0 Å². The van der Waals surface area contributed by atoms with Gasteiger partial charge in [-0.2, -0.15) is 0 Å². The Labute approximate surface area is 140 Å². The molecule has 1 aliphatic rings. The van der Waals surface area contributed by atoms with E-state index in [4.69, 9.17) is 5.73 Å². The Morgan fingerprint density at radius 3 is 2.55 bits per heavy atom. The number of hydrogen-bond donors (Lipinski definition) is 1. The molecule has 4 heteroatoms. The summed E-state index contributed by atoms with van der Waals surface area (Å²) >= 11 is 0. The maximum Gasteiger partial charge on any atom is 0.222 e. The summed E-state index contributed by atoms with van der Waals surface area (Å²) in [6.07, 6.45) is 6.11. The van der Waals surface area contributed by atoms with Gasteiger partial charge in [0, 0.05) is 24.9 Å². The van der Waals surface area contributed by atoms with E-state index in [0.29, 0.717) is 24.3 Å².